The van der Waals surface area contributed by atoms with Crippen LogP contribution in [0.25, 0.3) is 0 Å². The van der Waals surface area contributed by atoms with Crippen molar-refractivity contribution < 1.29 is 9.47 Å². The number of aliphatic imine (C=N–C) groups is 1. The fourth-order valence-electron chi connectivity index (χ4n) is 4.15. The van der Waals surface area contributed by atoms with E-state index in [1.54, 1.807) is 7.11 Å². The van der Waals surface area contributed by atoms with Gasteiger partial charge in [0.15, 0.2) is 5.96 Å². The quantitative estimate of drug-likeness (QED) is 0.354. The van der Waals surface area contributed by atoms with Crippen molar-refractivity contribution in [3.05, 3.63) is 53.3 Å². The Balaban J connectivity index is 0.00000320. The maximum absolute atomic E-state index is 5.73. The van der Waals surface area contributed by atoms with Gasteiger partial charge in [-0.1, -0.05) is 17.7 Å². The zero-order valence-corrected chi connectivity index (χ0v) is 21.1. The van der Waals surface area contributed by atoms with Gasteiger partial charge in [-0.15, -0.1) is 24.0 Å². The van der Waals surface area contributed by atoms with E-state index in [0.29, 0.717) is 0 Å². The third kappa shape index (κ3) is 5.49. The number of hydrogen-bond acceptors (Lipinski definition) is 3. The lowest BCUT2D eigenvalue weighted by atomic mass is 9.73. The molecule has 6 nitrogen and oxygen atoms in total. The molecule has 0 amide bonds. The maximum atomic E-state index is 5.73. The lowest BCUT2D eigenvalue weighted by Crippen LogP contribution is -2.48. The summed E-state index contributed by atoms with van der Waals surface area (Å²) in [7, 11) is 7.74. The molecule has 1 aromatic heterocycles. The summed E-state index contributed by atoms with van der Waals surface area (Å²) in [5.74, 6) is 1.84. The predicted octanol–water partition coefficient (Wildman–Crippen LogP) is 3.72. The first-order valence-corrected chi connectivity index (χ1v) is 10.2. The van der Waals surface area contributed by atoms with E-state index in [1.165, 1.54) is 16.8 Å². The summed E-state index contributed by atoms with van der Waals surface area (Å²) in [4.78, 5) is 6.69. The van der Waals surface area contributed by atoms with Gasteiger partial charge in [0.2, 0.25) is 0 Å². The number of rotatable bonds is 6. The number of methoxy groups -OCH3 is 1. The van der Waals surface area contributed by atoms with E-state index in [1.807, 2.05) is 7.05 Å². The summed E-state index contributed by atoms with van der Waals surface area (Å²) < 4.78 is 13.6. The molecule has 1 aliphatic rings. The number of hydrogen-bond donors (Lipinski definition) is 1. The first kappa shape index (κ1) is 24.5. The Kier molecular flexibility index (Phi) is 9.03. The van der Waals surface area contributed by atoms with Crippen molar-refractivity contribution in [3.63, 3.8) is 0 Å². The smallest absolute Gasteiger partial charge is 0.193 e. The Labute approximate surface area is 197 Å². The number of ether oxygens (including phenoxy) is 2. The van der Waals surface area contributed by atoms with E-state index in [4.69, 9.17) is 9.47 Å². The van der Waals surface area contributed by atoms with Crippen molar-refractivity contribution in [2.45, 2.75) is 31.7 Å². The van der Waals surface area contributed by atoms with Crippen LogP contribution in [0.3, 0.4) is 0 Å². The van der Waals surface area contributed by atoms with Gasteiger partial charge >= 0.3 is 0 Å². The van der Waals surface area contributed by atoms with Gasteiger partial charge in [-0.2, -0.15) is 0 Å². The van der Waals surface area contributed by atoms with Crippen LogP contribution in [0.1, 0.15) is 29.7 Å². The molecule has 166 valence electrons. The van der Waals surface area contributed by atoms with Crippen LogP contribution in [-0.4, -0.2) is 56.4 Å². The predicted molar refractivity (Wildman–Crippen MR) is 133 cm³/mol. The van der Waals surface area contributed by atoms with Gasteiger partial charge in [-0.25, -0.2) is 0 Å². The molecule has 0 radical (unpaired) electrons. The zero-order chi connectivity index (χ0) is 20.9. The van der Waals surface area contributed by atoms with Crippen LogP contribution in [0, 0.1) is 6.92 Å². The summed E-state index contributed by atoms with van der Waals surface area (Å²) in [5.41, 5.74) is 3.71. The summed E-state index contributed by atoms with van der Waals surface area (Å²) in [5, 5.41) is 3.64. The number of halogens is 1. The third-order valence-corrected chi connectivity index (χ3v) is 5.98. The number of nitrogens with zero attached hydrogens (tertiary/aromatic N) is 3. The highest BCUT2D eigenvalue weighted by Gasteiger charge is 2.37. The van der Waals surface area contributed by atoms with E-state index in [9.17, 15) is 0 Å². The van der Waals surface area contributed by atoms with Crippen LogP contribution in [0.4, 0.5) is 0 Å². The van der Waals surface area contributed by atoms with Crippen LogP contribution in [0.2, 0.25) is 0 Å². The molecular formula is C23H35IN4O2. The highest BCUT2D eigenvalue weighted by atomic mass is 127. The Morgan fingerprint density at radius 3 is 2.63 bits per heavy atom. The molecule has 0 aliphatic carbocycles. The maximum Gasteiger partial charge on any atom is 0.193 e. The van der Waals surface area contributed by atoms with Gasteiger partial charge in [0.1, 0.15) is 5.75 Å². The first-order valence-electron chi connectivity index (χ1n) is 10.2. The van der Waals surface area contributed by atoms with E-state index in [0.717, 1.165) is 50.9 Å². The summed E-state index contributed by atoms with van der Waals surface area (Å²) in [6.07, 6.45) is 3.98. The van der Waals surface area contributed by atoms with Crippen LogP contribution in [0.5, 0.6) is 5.75 Å². The van der Waals surface area contributed by atoms with Crippen LogP contribution in [0.15, 0.2) is 41.5 Å². The van der Waals surface area contributed by atoms with E-state index >= 15 is 0 Å². The zero-order valence-electron chi connectivity index (χ0n) is 18.8. The van der Waals surface area contributed by atoms with E-state index < -0.39 is 0 Å². The molecule has 1 aromatic carbocycles. The highest BCUT2D eigenvalue weighted by molar-refractivity contribution is 14.0. The minimum Gasteiger partial charge on any atom is -0.496 e. The summed E-state index contributed by atoms with van der Waals surface area (Å²) in [6, 6.07) is 10.7. The number of aromatic nitrogens is 1. The second kappa shape index (κ2) is 11.0. The number of aryl methyl sites for hydroxylation is 2. The third-order valence-electron chi connectivity index (χ3n) is 5.98. The Bertz CT molecular complexity index is 843. The molecule has 1 fully saturated rings. The van der Waals surface area contributed by atoms with Crippen molar-refractivity contribution in [2.75, 3.05) is 41.0 Å². The molecule has 0 atom stereocenters. The molecule has 7 heteroatoms. The van der Waals surface area contributed by atoms with Gasteiger partial charge in [0.25, 0.3) is 0 Å². The fourth-order valence-corrected chi connectivity index (χ4v) is 4.15. The highest BCUT2D eigenvalue weighted by Crippen LogP contribution is 2.40. The van der Waals surface area contributed by atoms with E-state index in [-0.39, 0.29) is 29.4 Å². The fraction of sp³-hybridized carbons (Fsp3) is 0.522. The lowest BCUT2D eigenvalue weighted by molar-refractivity contribution is 0.0503. The molecule has 1 N–H and O–H groups in total. The molecule has 0 spiro atoms. The SMILES string of the molecule is CN=C(NCC1(c2cc(C)ccc2OC)CCOCC1)N(C)Cc1cccn1C.I. The second-order valence-electron chi connectivity index (χ2n) is 7.96. The molecule has 2 heterocycles. The lowest BCUT2D eigenvalue weighted by Gasteiger charge is -2.39. The number of benzene rings is 1. The number of nitrogens with one attached hydrogen (secondary N) is 1. The standard InChI is InChI=1S/C23H34N4O2.HI/c1-18-8-9-21(28-5)20(15-18)23(10-13-29-14-11-23)17-25-22(24-2)27(4)16-19-7-6-12-26(19)3;/h6-9,12,15H,10-11,13-14,16-17H2,1-5H3,(H,24,25);1H. The second-order valence-corrected chi connectivity index (χ2v) is 7.96. The van der Waals surface area contributed by atoms with E-state index in [2.05, 4.69) is 77.3 Å². The van der Waals surface area contributed by atoms with Crippen molar-refractivity contribution in [1.29, 1.82) is 0 Å². The molecule has 0 unspecified atom stereocenters. The van der Waals surface area contributed by atoms with Crippen molar-refractivity contribution >= 4 is 29.9 Å². The Morgan fingerprint density at radius 2 is 2.03 bits per heavy atom. The van der Waals surface area contributed by atoms with Crippen LogP contribution in [-0.2, 0) is 23.7 Å². The van der Waals surface area contributed by atoms with Crippen molar-refractivity contribution in [1.82, 2.24) is 14.8 Å². The molecule has 2 aromatic rings. The summed E-state index contributed by atoms with van der Waals surface area (Å²) in [6.45, 7) is 5.25. The largest absolute Gasteiger partial charge is 0.496 e. The summed E-state index contributed by atoms with van der Waals surface area (Å²) >= 11 is 0. The number of guanidine groups is 1. The Hall–Kier alpha value is -1.74. The average molecular weight is 526 g/mol. The topological polar surface area (TPSA) is 51.0 Å². The molecule has 0 saturated carbocycles. The molecule has 0 bridgehead atoms. The van der Waals surface area contributed by atoms with Gasteiger partial charge < -0.3 is 24.3 Å². The minimum absolute atomic E-state index is 0. The van der Waals surface area contributed by atoms with Crippen LogP contribution < -0.4 is 10.1 Å². The molecule has 30 heavy (non-hydrogen) atoms. The van der Waals surface area contributed by atoms with Crippen molar-refractivity contribution in [3.8, 4) is 5.75 Å². The minimum atomic E-state index is -0.0443. The monoisotopic (exact) mass is 526 g/mol. The van der Waals surface area contributed by atoms with Gasteiger partial charge in [-0.3, -0.25) is 4.99 Å². The molecule has 1 aliphatic heterocycles. The van der Waals surface area contributed by atoms with Gasteiger partial charge in [0.05, 0.1) is 13.7 Å². The van der Waals surface area contributed by atoms with Crippen LogP contribution >= 0.6 is 24.0 Å². The normalized spacial score (nSPS) is 16.0. The average Bonchev–Trinajstić information content (AvgIpc) is 3.13. The Morgan fingerprint density at radius 1 is 1.30 bits per heavy atom. The van der Waals surface area contributed by atoms with Crippen molar-refractivity contribution in [2.24, 2.45) is 12.0 Å². The molecular weight excluding hydrogens is 491 g/mol. The van der Waals surface area contributed by atoms with Gasteiger partial charge in [0, 0.05) is 63.8 Å². The van der Waals surface area contributed by atoms with Gasteiger partial charge in [-0.05, 0) is 38.0 Å². The molecule has 1 saturated heterocycles. The molecule has 3 rings (SSSR count). The first-order chi connectivity index (χ1) is 14.0.